The highest BCUT2D eigenvalue weighted by Gasteiger charge is 2.27. The lowest BCUT2D eigenvalue weighted by Gasteiger charge is -2.35. The number of aromatic nitrogens is 2. The molecule has 1 aromatic carbocycles. The molecule has 140 valence electrons. The molecule has 7 heteroatoms. The zero-order valence-corrected chi connectivity index (χ0v) is 16.2. The Balaban J connectivity index is 1.35. The predicted molar refractivity (Wildman–Crippen MR) is 103 cm³/mol. The van der Waals surface area contributed by atoms with Gasteiger partial charge in [-0.1, -0.05) is 24.3 Å². The van der Waals surface area contributed by atoms with Crippen LogP contribution < -0.4 is 14.8 Å². The summed E-state index contributed by atoms with van der Waals surface area (Å²) in [6, 6.07) is 6.67. The zero-order valence-electron chi connectivity index (χ0n) is 15.4. The van der Waals surface area contributed by atoms with Gasteiger partial charge in [-0.05, 0) is 57.0 Å². The van der Waals surface area contributed by atoms with Crippen LogP contribution in [0.3, 0.4) is 0 Å². The average molecular weight is 375 g/mol. The lowest BCUT2D eigenvalue weighted by atomic mass is 9.95. The maximum Gasteiger partial charge on any atom is 0.231 e. The molecule has 1 aromatic heterocycles. The second-order valence-corrected chi connectivity index (χ2v) is 7.98. The number of rotatable bonds is 6. The second kappa shape index (κ2) is 7.80. The second-order valence-electron chi connectivity index (χ2n) is 6.97. The number of ether oxygens (including phenoxy) is 2. The standard InChI is InChI=1S/C19H26N4O2S/c1-3-8-20-19-22-21-18(26-19)14-6-9-23(10-7-14)13(2)15-4-5-16-17(11-15)25-12-24-16/h4-5,11,13-14H,3,6-10,12H2,1-2H3,(H,20,22)/t13-/m0/s1. The highest BCUT2D eigenvalue weighted by Crippen LogP contribution is 2.38. The molecule has 6 nitrogen and oxygen atoms in total. The Morgan fingerprint density at radius 2 is 2.04 bits per heavy atom. The third kappa shape index (κ3) is 3.64. The van der Waals surface area contributed by atoms with Gasteiger partial charge in [-0.15, -0.1) is 10.2 Å². The molecule has 0 saturated carbocycles. The third-order valence-electron chi connectivity index (χ3n) is 5.27. The van der Waals surface area contributed by atoms with Crippen LogP contribution in [0.1, 0.15) is 55.6 Å². The summed E-state index contributed by atoms with van der Waals surface area (Å²) in [5.74, 6) is 2.25. The molecule has 0 aliphatic carbocycles. The summed E-state index contributed by atoms with van der Waals surface area (Å²) < 4.78 is 10.9. The smallest absolute Gasteiger partial charge is 0.231 e. The Morgan fingerprint density at radius 3 is 2.85 bits per heavy atom. The van der Waals surface area contributed by atoms with Crippen molar-refractivity contribution < 1.29 is 9.47 Å². The molecular weight excluding hydrogens is 348 g/mol. The molecule has 1 atom stereocenters. The minimum absolute atomic E-state index is 0.329. The summed E-state index contributed by atoms with van der Waals surface area (Å²) in [5.41, 5.74) is 1.29. The van der Waals surface area contributed by atoms with Gasteiger partial charge < -0.3 is 14.8 Å². The topological polar surface area (TPSA) is 59.5 Å². The summed E-state index contributed by atoms with van der Waals surface area (Å²) in [5, 5.41) is 14.2. The molecule has 0 spiro atoms. The van der Waals surface area contributed by atoms with Gasteiger partial charge in [0, 0.05) is 18.5 Å². The fourth-order valence-corrected chi connectivity index (χ4v) is 4.56. The molecular formula is C19H26N4O2S. The number of piperidine rings is 1. The molecule has 2 aromatic rings. The number of anilines is 1. The van der Waals surface area contributed by atoms with Gasteiger partial charge >= 0.3 is 0 Å². The van der Waals surface area contributed by atoms with Crippen molar-refractivity contribution in [2.45, 2.75) is 45.1 Å². The van der Waals surface area contributed by atoms with Crippen molar-refractivity contribution in [1.29, 1.82) is 0 Å². The van der Waals surface area contributed by atoms with Crippen molar-refractivity contribution in [1.82, 2.24) is 15.1 Å². The quantitative estimate of drug-likeness (QED) is 0.824. The van der Waals surface area contributed by atoms with Crippen molar-refractivity contribution in [3.05, 3.63) is 28.8 Å². The fraction of sp³-hybridized carbons (Fsp3) is 0.579. The summed E-state index contributed by atoms with van der Waals surface area (Å²) >= 11 is 1.72. The molecule has 1 N–H and O–H groups in total. The molecule has 2 aliphatic heterocycles. The van der Waals surface area contributed by atoms with Crippen LogP contribution in [0.25, 0.3) is 0 Å². The molecule has 4 rings (SSSR count). The van der Waals surface area contributed by atoms with Crippen molar-refractivity contribution in [2.24, 2.45) is 0 Å². The largest absolute Gasteiger partial charge is 0.454 e. The van der Waals surface area contributed by atoms with E-state index in [0.717, 1.165) is 55.5 Å². The van der Waals surface area contributed by atoms with Gasteiger partial charge in [0.2, 0.25) is 11.9 Å². The lowest BCUT2D eigenvalue weighted by Crippen LogP contribution is -2.35. The van der Waals surface area contributed by atoms with Gasteiger partial charge in [0.05, 0.1) is 0 Å². The number of likely N-dealkylation sites (tertiary alicyclic amines) is 1. The molecule has 0 unspecified atom stereocenters. The highest BCUT2D eigenvalue weighted by molar-refractivity contribution is 7.15. The van der Waals surface area contributed by atoms with Crippen LogP contribution in [0.5, 0.6) is 11.5 Å². The van der Waals surface area contributed by atoms with Gasteiger partial charge in [0.25, 0.3) is 0 Å². The molecule has 1 fully saturated rings. The maximum atomic E-state index is 5.52. The van der Waals surface area contributed by atoms with Crippen molar-refractivity contribution in [3.8, 4) is 11.5 Å². The van der Waals surface area contributed by atoms with E-state index in [9.17, 15) is 0 Å². The van der Waals surface area contributed by atoms with Crippen LogP contribution in [0, 0.1) is 0 Å². The number of hydrogen-bond donors (Lipinski definition) is 1. The SMILES string of the molecule is CCCNc1nnc(C2CCN([C@@H](C)c3ccc4c(c3)OCO4)CC2)s1. The van der Waals surface area contributed by atoms with Gasteiger partial charge in [-0.25, -0.2) is 0 Å². The van der Waals surface area contributed by atoms with Crippen molar-refractivity contribution >= 4 is 16.5 Å². The minimum Gasteiger partial charge on any atom is -0.454 e. The lowest BCUT2D eigenvalue weighted by molar-refractivity contribution is 0.161. The number of benzene rings is 1. The molecule has 1 saturated heterocycles. The van der Waals surface area contributed by atoms with Crippen LogP contribution in [-0.2, 0) is 0 Å². The summed E-state index contributed by atoms with van der Waals surface area (Å²) in [6.45, 7) is 7.88. The molecule has 0 radical (unpaired) electrons. The first kappa shape index (κ1) is 17.5. The molecule has 2 aliphatic rings. The summed E-state index contributed by atoms with van der Waals surface area (Å²) in [4.78, 5) is 2.55. The molecule has 0 amide bonds. The molecule has 26 heavy (non-hydrogen) atoms. The third-order valence-corrected chi connectivity index (χ3v) is 6.32. The fourth-order valence-electron chi connectivity index (χ4n) is 3.62. The Morgan fingerprint density at radius 1 is 1.23 bits per heavy atom. The van der Waals surface area contributed by atoms with E-state index in [0.29, 0.717) is 18.8 Å². The number of nitrogens with zero attached hydrogens (tertiary/aromatic N) is 3. The van der Waals surface area contributed by atoms with Crippen LogP contribution in [0.15, 0.2) is 18.2 Å². The van der Waals surface area contributed by atoms with E-state index in [-0.39, 0.29) is 0 Å². The van der Waals surface area contributed by atoms with E-state index in [2.05, 4.69) is 46.4 Å². The van der Waals surface area contributed by atoms with Crippen molar-refractivity contribution in [3.63, 3.8) is 0 Å². The first-order valence-electron chi connectivity index (χ1n) is 9.45. The molecule has 3 heterocycles. The number of nitrogens with one attached hydrogen (secondary N) is 1. The van der Waals surface area contributed by atoms with E-state index in [4.69, 9.17) is 9.47 Å². The minimum atomic E-state index is 0.329. The van der Waals surface area contributed by atoms with E-state index in [1.807, 2.05) is 6.07 Å². The van der Waals surface area contributed by atoms with Crippen molar-refractivity contribution in [2.75, 3.05) is 31.7 Å². The first-order chi connectivity index (χ1) is 12.7. The monoisotopic (exact) mass is 374 g/mol. The van der Waals surface area contributed by atoms with Gasteiger partial charge in [0.1, 0.15) is 5.01 Å². The van der Waals surface area contributed by atoms with E-state index in [1.165, 1.54) is 10.6 Å². The Labute approximate surface area is 158 Å². The Hall–Kier alpha value is -1.86. The van der Waals surface area contributed by atoms with Gasteiger partial charge in [0.15, 0.2) is 11.5 Å². The highest BCUT2D eigenvalue weighted by atomic mass is 32.1. The average Bonchev–Trinajstić information content (AvgIpc) is 3.34. The Kier molecular flexibility index (Phi) is 5.26. The van der Waals surface area contributed by atoms with Crippen LogP contribution >= 0.6 is 11.3 Å². The normalized spacial score (nSPS) is 18.8. The zero-order chi connectivity index (χ0) is 17.9. The number of fused-ring (bicyclic) bond motifs is 1. The van der Waals surface area contributed by atoms with E-state index in [1.54, 1.807) is 11.3 Å². The first-order valence-corrected chi connectivity index (χ1v) is 10.3. The predicted octanol–water partition coefficient (Wildman–Crippen LogP) is 4.03. The molecule has 0 bridgehead atoms. The van der Waals surface area contributed by atoms with Crippen LogP contribution in [-0.4, -0.2) is 41.5 Å². The van der Waals surface area contributed by atoms with Gasteiger partial charge in [-0.3, -0.25) is 4.90 Å². The van der Waals surface area contributed by atoms with Crippen LogP contribution in [0.2, 0.25) is 0 Å². The van der Waals surface area contributed by atoms with E-state index >= 15 is 0 Å². The van der Waals surface area contributed by atoms with Gasteiger partial charge in [-0.2, -0.15) is 0 Å². The van der Waals surface area contributed by atoms with E-state index < -0.39 is 0 Å². The number of hydrogen-bond acceptors (Lipinski definition) is 7. The maximum absolute atomic E-state index is 5.52. The Bertz CT molecular complexity index is 743. The summed E-state index contributed by atoms with van der Waals surface area (Å²) in [6.07, 6.45) is 3.37. The van der Waals surface area contributed by atoms with Crippen LogP contribution in [0.4, 0.5) is 5.13 Å². The summed E-state index contributed by atoms with van der Waals surface area (Å²) in [7, 11) is 0.